The third-order valence-electron chi connectivity index (χ3n) is 5.13. The van der Waals surface area contributed by atoms with E-state index >= 15 is 0 Å². The number of carboxylic acids is 1. The summed E-state index contributed by atoms with van der Waals surface area (Å²) < 4.78 is 10.4. The van der Waals surface area contributed by atoms with Crippen molar-refractivity contribution in [2.45, 2.75) is 70.4 Å². The van der Waals surface area contributed by atoms with Crippen LogP contribution >= 0.6 is 0 Å². The Kier molecular flexibility index (Phi) is 9.47. The number of likely N-dealkylation sites (tertiary alicyclic amines) is 1. The van der Waals surface area contributed by atoms with Gasteiger partial charge >= 0.3 is 18.2 Å². The third-order valence-corrected chi connectivity index (χ3v) is 5.13. The maximum Gasteiger partial charge on any atom is 0.408 e. The molecule has 1 heterocycles. The van der Waals surface area contributed by atoms with Gasteiger partial charge in [0.05, 0.1) is 6.54 Å². The van der Waals surface area contributed by atoms with Crippen LogP contribution in [0.5, 0.6) is 0 Å². The molecule has 1 saturated heterocycles. The summed E-state index contributed by atoms with van der Waals surface area (Å²) in [6.45, 7) is 8.41. The van der Waals surface area contributed by atoms with Crippen LogP contribution < -0.4 is 10.6 Å². The molecular weight excluding hydrogens is 442 g/mol. The van der Waals surface area contributed by atoms with Crippen molar-refractivity contribution in [2.24, 2.45) is 0 Å². The molecule has 1 fully saturated rings. The Hall–Kier alpha value is -3.56. The number of amides is 3. The number of carbonyl (C=O) groups is 4. The Morgan fingerprint density at radius 1 is 1.18 bits per heavy atom. The molecule has 10 heteroatoms. The molecule has 0 saturated carbocycles. The van der Waals surface area contributed by atoms with Crippen molar-refractivity contribution in [2.75, 3.05) is 6.54 Å². The highest BCUT2D eigenvalue weighted by Gasteiger charge is 2.43. The molecule has 0 aromatic heterocycles. The van der Waals surface area contributed by atoms with Gasteiger partial charge in [-0.2, -0.15) is 0 Å². The molecule has 1 aromatic carbocycles. The molecule has 34 heavy (non-hydrogen) atoms. The summed E-state index contributed by atoms with van der Waals surface area (Å²) in [5, 5.41) is 14.5. The van der Waals surface area contributed by atoms with Gasteiger partial charge in [0.15, 0.2) is 0 Å². The van der Waals surface area contributed by atoms with Crippen LogP contribution in [-0.2, 0) is 25.7 Å². The van der Waals surface area contributed by atoms with Crippen LogP contribution in [0.1, 0.15) is 45.6 Å². The summed E-state index contributed by atoms with van der Waals surface area (Å²) in [4.78, 5) is 51.0. The smallest absolute Gasteiger partial charge is 0.408 e. The van der Waals surface area contributed by atoms with Gasteiger partial charge in [0.2, 0.25) is 5.91 Å². The van der Waals surface area contributed by atoms with Crippen LogP contribution in [0.15, 0.2) is 43.0 Å². The van der Waals surface area contributed by atoms with E-state index in [1.807, 2.05) is 18.2 Å². The number of carbonyl (C=O) groups excluding carboxylic acids is 3. The molecule has 186 valence electrons. The normalized spacial score (nSPS) is 18.5. The molecule has 2 rings (SSSR count). The maximum absolute atomic E-state index is 13.4. The number of hydrogen-bond donors (Lipinski definition) is 3. The lowest BCUT2D eigenvalue weighted by Gasteiger charge is -2.32. The Morgan fingerprint density at radius 3 is 2.44 bits per heavy atom. The molecule has 3 atom stereocenters. The first kappa shape index (κ1) is 26.7. The average molecular weight is 476 g/mol. The number of nitrogens with one attached hydrogen (secondary N) is 2. The Labute approximate surface area is 199 Å². The van der Waals surface area contributed by atoms with E-state index in [1.165, 1.54) is 4.90 Å². The highest BCUT2D eigenvalue weighted by Crippen LogP contribution is 2.28. The van der Waals surface area contributed by atoms with Crippen LogP contribution in [0.2, 0.25) is 0 Å². The van der Waals surface area contributed by atoms with Crippen molar-refractivity contribution in [3.05, 3.63) is 48.6 Å². The quantitative estimate of drug-likeness (QED) is 0.468. The minimum Gasteiger partial charge on any atom is -0.480 e. The zero-order valence-corrected chi connectivity index (χ0v) is 19.8. The number of ether oxygens (including phenoxy) is 2. The lowest BCUT2D eigenvalue weighted by atomic mass is 10.1. The average Bonchev–Trinajstić information content (AvgIpc) is 3.18. The Bertz CT molecular complexity index is 882. The first-order valence-corrected chi connectivity index (χ1v) is 11.1. The van der Waals surface area contributed by atoms with Gasteiger partial charge in [-0.3, -0.25) is 4.79 Å². The van der Waals surface area contributed by atoms with E-state index in [-0.39, 0.29) is 25.6 Å². The van der Waals surface area contributed by atoms with Crippen molar-refractivity contribution in [3.63, 3.8) is 0 Å². The number of rotatable bonds is 9. The van der Waals surface area contributed by atoms with E-state index in [4.69, 9.17) is 9.47 Å². The highest BCUT2D eigenvalue weighted by atomic mass is 16.6. The lowest BCUT2D eigenvalue weighted by Crippen LogP contribution is -2.58. The van der Waals surface area contributed by atoms with Gasteiger partial charge in [-0.1, -0.05) is 36.4 Å². The van der Waals surface area contributed by atoms with E-state index in [9.17, 15) is 24.3 Å². The van der Waals surface area contributed by atoms with E-state index < -0.39 is 41.7 Å². The first-order valence-electron chi connectivity index (χ1n) is 11.1. The van der Waals surface area contributed by atoms with Gasteiger partial charge < -0.3 is 30.1 Å². The van der Waals surface area contributed by atoms with Crippen LogP contribution in [0.3, 0.4) is 0 Å². The second kappa shape index (κ2) is 12.1. The molecule has 0 bridgehead atoms. The molecule has 1 aliphatic heterocycles. The number of hydrogen-bond acceptors (Lipinski definition) is 6. The van der Waals surface area contributed by atoms with Gasteiger partial charge in [0, 0.05) is 6.04 Å². The summed E-state index contributed by atoms with van der Waals surface area (Å²) >= 11 is 0. The van der Waals surface area contributed by atoms with Crippen molar-refractivity contribution >= 4 is 24.1 Å². The minimum atomic E-state index is -1.26. The third kappa shape index (κ3) is 8.09. The SMILES string of the molecule is C=CCC1CC[C@@H](C(=O)O)N1C(=O)C(CNC(=O)OCc1ccccc1)NC(=O)OC(C)(C)C. The van der Waals surface area contributed by atoms with E-state index in [0.29, 0.717) is 12.8 Å². The summed E-state index contributed by atoms with van der Waals surface area (Å²) in [7, 11) is 0. The number of alkyl carbamates (subject to hydrolysis) is 2. The van der Waals surface area contributed by atoms with Crippen LogP contribution in [0.4, 0.5) is 9.59 Å². The second-order valence-electron chi connectivity index (χ2n) is 9.00. The fourth-order valence-electron chi connectivity index (χ4n) is 3.67. The number of aliphatic carboxylic acids is 1. The predicted octanol–water partition coefficient (Wildman–Crippen LogP) is 2.83. The predicted molar refractivity (Wildman–Crippen MR) is 124 cm³/mol. The maximum atomic E-state index is 13.4. The van der Waals surface area contributed by atoms with Crippen molar-refractivity contribution in [3.8, 4) is 0 Å². The van der Waals surface area contributed by atoms with Crippen molar-refractivity contribution < 1.29 is 33.8 Å². The second-order valence-corrected chi connectivity index (χ2v) is 9.00. The first-order chi connectivity index (χ1) is 16.0. The molecular formula is C24H33N3O7. The van der Waals surface area contributed by atoms with Gasteiger partial charge in [0.25, 0.3) is 0 Å². The molecule has 2 unspecified atom stereocenters. The molecule has 1 aliphatic rings. The van der Waals surface area contributed by atoms with Crippen molar-refractivity contribution in [1.82, 2.24) is 15.5 Å². The number of nitrogens with zero attached hydrogens (tertiary/aromatic N) is 1. The fraction of sp³-hybridized carbons (Fsp3) is 0.500. The van der Waals surface area contributed by atoms with Gasteiger partial charge in [-0.15, -0.1) is 6.58 Å². The molecule has 10 nitrogen and oxygen atoms in total. The standard InChI is InChI=1S/C24H33N3O7/c1-5-9-17-12-13-19(21(29)30)27(17)20(28)18(26-23(32)34-24(2,3)4)14-25-22(31)33-15-16-10-7-6-8-11-16/h5-8,10-11,17-19H,1,9,12-15H2,2-4H3,(H,25,31)(H,26,32)(H,29,30)/t17?,18?,19-/m0/s1. The van der Waals surface area contributed by atoms with Gasteiger partial charge in [-0.05, 0) is 45.6 Å². The van der Waals surface area contributed by atoms with E-state index in [2.05, 4.69) is 17.2 Å². The molecule has 3 N–H and O–H groups in total. The number of carboxylic acid groups (broad SMARTS) is 1. The van der Waals surface area contributed by atoms with E-state index in [0.717, 1.165) is 5.56 Å². The lowest BCUT2D eigenvalue weighted by molar-refractivity contribution is -0.150. The largest absolute Gasteiger partial charge is 0.480 e. The van der Waals surface area contributed by atoms with Gasteiger partial charge in [-0.25, -0.2) is 14.4 Å². The molecule has 3 amide bonds. The summed E-state index contributed by atoms with van der Waals surface area (Å²) in [5.41, 5.74) is -0.0340. The topological polar surface area (TPSA) is 134 Å². The van der Waals surface area contributed by atoms with Crippen LogP contribution in [-0.4, -0.2) is 64.3 Å². The molecule has 0 radical (unpaired) electrons. The molecule has 1 aromatic rings. The number of benzene rings is 1. The summed E-state index contributed by atoms with van der Waals surface area (Å²) in [6.07, 6.45) is 1.14. The molecule has 0 aliphatic carbocycles. The Balaban J connectivity index is 2.12. The fourth-order valence-corrected chi connectivity index (χ4v) is 3.67. The highest BCUT2D eigenvalue weighted by molar-refractivity contribution is 5.90. The molecule has 0 spiro atoms. The van der Waals surface area contributed by atoms with Gasteiger partial charge in [0.1, 0.15) is 24.3 Å². The van der Waals surface area contributed by atoms with Crippen LogP contribution in [0, 0.1) is 0 Å². The zero-order valence-electron chi connectivity index (χ0n) is 19.8. The van der Waals surface area contributed by atoms with E-state index in [1.54, 1.807) is 39.0 Å². The monoisotopic (exact) mass is 475 g/mol. The minimum absolute atomic E-state index is 0.0272. The van der Waals surface area contributed by atoms with Crippen molar-refractivity contribution in [1.29, 1.82) is 0 Å². The Morgan fingerprint density at radius 2 is 1.85 bits per heavy atom. The summed E-state index contributed by atoms with van der Waals surface area (Å²) in [5.74, 6) is -1.77. The van der Waals surface area contributed by atoms with Crippen LogP contribution in [0.25, 0.3) is 0 Å². The zero-order chi connectivity index (χ0) is 25.3. The summed E-state index contributed by atoms with van der Waals surface area (Å²) in [6, 6.07) is 6.38.